The number of nitrogens with one attached hydrogen (secondary N) is 2. The van der Waals surface area contributed by atoms with Crippen molar-refractivity contribution in [3.05, 3.63) is 23.5 Å². The van der Waals surface area contributed by atoms with E-state index in [9.17, 15) is 0 Å². The molecule has 84 valence electrons. The minimum atomic E-state index is 0.223. The van der Waals surface area contributed by atoms with Gasteiger partial charge >= 0.3 is 0 Å². The van der Waals surface area contributed by atoms with E-state index in [0.29, 0.717) is 0 Å². The summed E-state index contributed by atoms with van der Waals surface area (Å²) in [4.78, 5) is 7.93. The summed E-state index contributed by atoms with van der Waals surface area (Å²) < 4.78 is 0. The fraction of sp³-hybridized carbons (Fsp3) is 0.462. The van der Waals surface area contributed by atoms with Gasteiger partial charge in [-0.25, -0.2) is 4.98 Å². The van der Waals surface area contributed by atoms with Crippen molar-refractivity contribution < 1.29 is 0 Å². The van der Waals surface area contributed by atoms with Crippen LogP contribution >= 0.6 is 0 Å². The Morgan fingerprint density at radius 1 is 1.38 bits per heavy atom. The molecule has 0 unspecified atom stereocenters. The summed E-state index contributed by atoms with van der Waals surface area (Å²) >= 11 is 0. The van der Waals surface area contributed by atoms with Crippen LogP contribution in [0.1, 0.15) is 32.2 Å². The number of nitrogens with zero attached hydrogens (tertiary/aromatic N) is 1. The molecule has 1 aromatic carbocycles. The quantitative estimate of drug-likeness (QED) is 0.768. The second-order valence-electron chi connectivity index (χ2n) is 5.19. The highest BCUT2D eigenvalue weighted by molar-refractivity contribution is 5.83. The number of H-pyrrole nitrogens is 1. The lowest BCUT2D eigenvalue weighted by Crippen LogP contribution is -2.18. The van der Waals surface area contributed by atoms with Crippen LogP contribution in [0.2, 0.25) is 0 Å². The van der Waals surface area contributed by atoms with Gasteiger partial charge < -0.3 is 10.3 Å². The van der Waals surface area contributed by atoms with E-state index < -0.39 is 0 Å². The van der Waals surface area contributed by atoms with Gasteiger partial charge in [0, 0.05) is 24.1 Å². The Morgan fingerprint density at radius 3 is 2.94 bits per heavy atom. The number of hydrogen-bond acceptors (Lipinski definition) is 2. The Morgan fingerprint density at radius 2 is 2.19 bits per heavy atom. The molecule has 0 radical (unpaired) electrons. The van der Waals surface area contributed by atoms with E-state index in [0.717, 1.165) is 29.8 Å². The van der Waals surface area contributed by atoms with Crippen LogP contribution in [-0.4, -0.2) is 16.5 Å². The molecular formula is C13H17N3. The summed E-state index contributed by atoms with van der Waals surface area (Å²) in [6.45, 7) is 7.67. The third-order valence-electron chi connectivity index (χ3n) is 3.46. The Bertz CT molecular complexity index is 552. The molecule has 2 aromatic rings. The zero-order valence-electron chi connectivity index (χ0n) is 10.0. The van der Waals surface area contributed by atoms with Gasteiger partial charge in [-0.05, 0) is 17.7 Å². The highest BCUT2D eigenvalue weighted by Gasteiger charge is 2.30. The number of benzene rings is 1. The number of anilines is 1. The van der Waals surface area contributed by atoms with Crippen LogP contribution in [0, 0.1) is 0 Å². The molecule has 0 amide bonds. The molecule has 3 nitrogen and oxygen atoms in total. The van der Waals surface area contributed by atoms with Crippen LogP contribution < -0.4 is 5.32 Å². The summed E-state index contributed by atoms with van der Waals surface area (Å²) in [5.74, 6) is 1.07. The molecule has 1 aromatic heterocycles. The lowest BCUT2D eigenvalue weighted by Gasteiger charge is -2.16. The maximum absolute atomic E-state index is 4.56. The van der Waals surface area contributed by atoms with Crippen LogP contribution in [0.4, 0.5) is 5.69 Å². The number of imidazole rings is 1. The van der Waals surface area contributed by atoms with Crippen molar-refractivity contribution >= 4 is 16.7 Å². The Balaban J connectivity index is 2.24. The first kappa shape index (κ1) is 9.70. The molecular weight excluding hydrogens is 198 g/mol. The number of hydrogen-bond donors (Lipinski definition) is 2. The molecule has 3 heteroatoms. The van der Waals surface area contributed by atoms with Gasteiger partial charge in [0.25, 0.3) is 0 Å². The monoisotopic (exact) mass is 215 g/mol. The van der Waals surface area contributed by atoms with Gasteiger partial charge in [-0.1, -0.05) is 20.8 Å². The molecule has 16 heavy (non-hydrogen) atoms. The van der Waals surface area contributed by atoms with E-state index in [1.165, 1.54) is 11.3 Å². The molecule has 0 spiro atoms. The number of aromatic amines is 1. The SMILES string of the molecule is CCc1nc2cc3c(cc2[nH]1)C(C)(C)CN3. The van der Waals surface area contributed by atoms with E-state index in [4.69, 9.17) is 0 Å². The van der Waals surface area contributed by atoms with Crippen LogP contribution in [0.15, 0.2) is 12.1 Å². The first-order valence-electron chi connectivity index (χ1n) is 5.87. The number of fused-ring (bicyclic) bond motifs is 2. The third kappa shape index (κ3) is 1.24. The predicted octanol–water partition coefficient (Wildman–Crippen LogP) is 2.83. The standard InChI is InChI=1S/C13H17N3/c1-4-12-15-10-5-8-9(6-11(10)16-12)14-7-13(8,2)3/h5-6,14H,4,7H2,1-3H3,(H,15,16). The molecule has 1 aliphatic rings. The molecule has 0 atom stereocenters. The summed E-state index contributed by atoms with van der Waals surface area (Å²) in [7, 11) is 0. The molecule has 2 N–H and O–H groups in total. The molecule has 2 heterocycles. The first-order valence-corrected chi connectivity index (χ1v) is 5.87. The van der Waals surface area contributed by atoms with Crippen LogP contribution in [0.5, 0.6) is 0 Å². The van der Waals surface area contributed by atoms with Crippen LogP contribution in [0.3, 0.4) is 0 Å². The van der Waals surface area contributed by atoms with Gasteiger partial charge in [-0.15, -0.1) is 0 Å². The molecule has 0 aliphatic carbocycles. The summed E-state index contributed by atoms with van der Waals surface area (Å²) in [5, 5.41) is 3.46. The van der Waals surface area contributed by atoms with Gasteiger partial charge in [-0.3, -0.25) is 0 Å². The van der Waals surface area contributed by atoms with Crippen LogP contribution in [-0.2, 0) is 11.8 Å². The summed E-state index contributed by atoms with van der Waals surface area (Å²) in [5.41, 5.74) is 5.09. The van der Waals surface area contributed by atoms with E-state index in [-0.39, 0.29) is 5.41 Å². The first-order chi connectivity index (χ1) is 7.60. The lowest BCUT2D eigenvalue weighted by molar-refractivity contribution is 0.586. The zero-order chi connectivity index (χ0) is 11.3. The minimum Gasteiger partial charge on any atom is -0.384 e. The minimum absolute atomic E-state index is 0.223. The van der Waals surface area contributed by atoms with Crippen molar-refractivity contribution in [3.63, 3.8) is 0 Å². The zero-order valence-corrected chi connectivity index (χ0v) is 10.0. The maximum atomic E-state index is 4.56. The lowest BCUT2D eigenvalue weighted by atomic mass is 9.87. The second kappa shape index (κ2) is 3.00. The summed E-state index contributed by atoms with van der Waals surface area (Å²) in [6, 6.07) is 4.41. The Labute approximate surface area is 95.3 Å². The molecule has 0 fully saturated rings. The average molecular weight is 215 g/mol. The highest BCUT2D eigenvalue weighted by atomic mass is 15.0. The van der Waals surface area contributed by atoms with Crippen molar-refractivity contribution in [2.75, 3.05) is 11.9 Å². The van der Waals surface area contributed by atoms with Crippen molar-refractivity contribution in [3.8, 4) is 0 Å². The Hall–Kier alpha value is -1.51. The van der Waals surface area contributed by atoms with E-state index >= 15 is 0 Å². The van der Waals surface area contributed by atoms with Gasteiger partial charge in [-0.2, -0.15) is 0 Å². The Kier molecular flexibility index (Phi) is 1.82. The smallest absolute Gasteiger partial charge is 0.106 e. The van der Waals surface area contributed by atoms with E-state index in [2.05, 4.69) is 48.2 Å². The average Bonchev–Trinajstić information content (AvgIpc) is 2.77. The second-order valence-corrected chi connectivity index (χ2v) is 5.19. The predicted molar refractivity (Wildman–Crippen MR) is 67.0 cm³/mol. The molecule has 0 bridgehead atoms. The number of aryl methyl sites for hydroxylation is 1. The molecule has 0 saturated heterocycles. The van der Waals surface area contributed by atoms with E-state index in [1.54, 1.807) is 0 Å². The van der Waals surface area contributed by atoms with Gasteiger partial charge in [0.1, 0.15) is 5.82 Å². The van der Waals surface area contributed by atoms with Crippen molar-refractivity contribution in [2.45, 2.75) is 32.6 Å². The van der Waals surface area contributed by atoms with Crippen molar-refractivity contribution in [1.29, 1.82) is 0 Å². The highest BCUT2D eigenvalue weighted by Crippen LogP contribution is 2.38. The van der Waals surface area contributed by atoms with Gasteiger partial charge in [0.05, 0.1) is 11.0 Å². The summed E-state index contributed by atoms with van der Waals surface area (Å²) in [6.07, 6.45) is 0.955. The molecule has 0 saturated carbocycles. The third-order valence-corrected chi connectivity index (χ3v) is 3.46. The van der Waals surface area contributed by atoms with E-state index in [1.807, 2.05) is 0 Å². The normalized spacial score (nSPS) is 17.4. The number of aromatic nitrogens is 2. The van der Waals surface area contributed by atoms with Crippen molar-refractivity contribution in [2.24, 2.45) is 0 Å². The number of rotatable bonds is 1. The van der Waals surface area contributed by atoms with Gasteiger partial charge in [0.2, 0.25) is 0 Å². The fourth-order valence-electron chi connectivity index (χ4n) is 2.39. The van der Waals surface area contributed by atoms with Gasteiger partial charge in [0.15, 0.2) is 0 Å². The fourth-order valence-corrected chi connectivity index (χ4v) is 2.39. The van der Waals surface area contributed by atoms with Crippen molar-refractivity contribution in [1.82, 2.24) is 9.97 Å². The van der Waals surface area contributed by atoms with Crippen LogP contribution in [0.25, 0.3) is 11.0 Å². The molecule has 3 rings (SSSR count). The molecule has 1 aliphatic heterocycles. The largest absolute Gasteiger partial charge is 0.384 e. The maximum Gasteiger partial charge on any atom is 0.106 e. The topological polar surface area (TPSA) is 40.7 Å².